The number of halogens is 1. The summed E-state index contributed by atoms with van der Waals surface area (Å²) in [5, 5.41) is 2.84. The smallest absolute Gasteiger partial charge is 0.244 e. The van der Waals surface area contributed by atoms with E-state index in [9.17, 15) is 17.6 Å². The number of nitrogens with zero attached hydrogens (tertiary/aromatic N) is 2. The number of benzene rings is 2. The van der Waals surface area contributed by atoms with Crippen LogP contribution in [0.2, 0.25) is 0 Å². The molecule has 1 aliphatic rings. The van der Waals surface area contributed by atoms with Crippen LogP contribution in [0.15, 0.2) is 65.6 Å². The van der Waals surface area contributed by atoms with Crippen molar-refractivity contribution in [3.05, 3.63) is 72.1 Å². The number of hydrogen-bond acceptors (Lipinski definition) is 4. The van der Waals surface area contributed by atoms with Gasteiger partial charge in [0.1, 0.15) is 5.82 Å². The highest BCUT2D eigenvalue weighted by atomic mass is 32.2. The number of carbonyl (C=O) groups is 1. The van der Waals surface area contributed by atoms with Crippen molar-refractivity contribution in [2.24, 2.45) is 0 Å². The molecule has 0 saturated carbocycles. The molecule has 2 aromatic rings. The summed E-state index contributed by atoms with van der Waals surface area (Å²) < 4.78 is 39.7. The summed E-state index contributed by atoms with van der Waals surface area (Å²) in [5.41, 5.74) is 0.959. The predicted octanol–water partition coefficient (Wildman–Crippen LogP) is 1.96. The zero-order chi connectivity index (χ0) is 20.7. The molecule has 0 spiro atoms. The number of sulfonamides is 1. The molecule has 1 fully saturated rings. The zero-order valence-electron chi connectivity index (χ0n) is 16.0. The maximum atomic E-state index is 13.0. The number of carbonyl (C=O) groups excluding carboxylic acids is 1. The summed E-state index contributed by atoms with van der Waals surface area (Å²) >= 11 is 0. The molecule has 0 bridgehead atoms. The molecular formula is C21H24FN3O3S. The lowest BCUT2D eigenvalue weighted by Crippen LogP contribution is -2.50. The lowest BCUT2D eigenvalue weighted by Gasteiger charge is -2.33. The Labute approximate surface area is 170 Å². The second-order valence-corrected chi connectivity index (χ2v) is 8.67. The summed E-state index contributed by atoms with van der Waals surface area (Å²) in [6.45, 7) is 3.02. The highest BCUT2D eigenvalue weighted by Crippen LogP contribution is 2.17. The van der Waals surface area contributed by atoms with E-state index < -0.39 is 15.8 Å². The lowest BCUT2D eigenvalue weighted by molar-refractivity contribution is -0.116. The molecule has 1 heterocycles. The van der Waals surface area contributed by atoms with Gasteiger partial charge >= 0.3 is 0 Å². The van der Waals surface area contributed by atoms with Gasteiger partial charge in [-0.3, -0.25) is 9.69 Å². The van der Waals surface area contributed by atoms with Gasteiger partial charge in [-0.25, -0.2) is 12.8 Å². The van der Waals surface area contributed by atoms with Gasteiger partial charge < -0.3 is 5.32 Å². The quantitative estimate of drug-likeness (QED) is 0.700. The first-order valence-corrected chi connectivity index (χ1v) is 10.9. The zero-order valence-corrected chi connectivity index (χ0v) is 16.8. The largest absolute Gasteiger partial charge is 0.351 e. The molecule has 0 radical (unpaired) electrons. The van der Waals surface area contributed by atoms with Gasteiger partial charge in [0.05, 0.1) is 4.90 Å². The molecule has 0 aromatic heterocycles. The van der Waals surface area contributed by atoms with Crippen molar-refractivity contribution < 1.29 is 17.6 Å². The summed E-state index contributed by atoms with van der Waals surface area (Å²) in [4.78, 5) is 14.1. The van der Waals surface area contributed by atoms with E-state index in [0.29, 0.717) is 39.3 Å². The highest BCUT2D eigenvalue weighted by molar-refractivity contribution is 7.89. The topological polar surface area (TPSA) is 69.7 Å². The van der Waals surface area contributed by atoms with E-state index in [2.05, 4.69) is 10.2 Å². The minimum Gasteiger partial charge on any atom is -0.351 e. The number of amides is 1. The molecule has 6 nitrogen and oxygen atoms in total. The number of piperazine rings is 1. The van der Waals surface area contributed by atoms with E-state index in [1.54, 1.807) is 6.08 Å². The molecule has 1 aliphatic heterocycles. The maximum Gasteiger partial charge on any atom is 0.244 e. The van der Waals surface area contributed by atoms with Crippen molar-refractivity contribution in [2.45, 2.75) is 4.90 Å². The number of rotatable bonds is 7. The summed E-state index contributed by atoms with van der Waals surface area (Å²) in [7, 11) is -3.61. The standard InChI is InChI=1S/C21H24FN3O3S/c22-19-7-9-20(10-8-19)29(27,28)25-16-14-24(15-17-25)13-12-23-21(26)11-6-18-4-2-1-3-5-18/h1-11H,12-17H2,(H,23,26)/b11-6-. The maximum absolute atomic E-state index is 13.0. The SMILES string of the molecule is O=C(/C=C\c1ccccc1)NCCN1CCN(S(=O)(=O)c2ccc(F)cc2)CC1. The van der Waals surface area contributed by atoms with E-state index in [-0.39, 0.29) is 10.8 Å². The van der Waals surface area contributed by atoms with E-state index in [0.717, 1.165) is 17.7 Å². The Morgan fingerprint density at radius 2 is 1.66 bits per heavy atom. The average molecular weight is 418 g/mol. The van der Waals surface area contributed by atoms with Crippen LogP contribution in [-0.2, 0) is 14.8 Å². The Hall–Kier alpha value is -2.55. The third-order valence-electron chi connectivity index (χ3n) is 4.74. The molecule has 1 N–H and O–H groups in total. The van der Waals surface area contributed by atoms with Gasteiger partial charge in [0, 0.05) is 45.3 Å². The fourth-order valence-corrected chi connectivity index (χ4v) is 4.50. The fraction of sp³-hybridized carbons (Fsp3) is 0.286. The van der Waals surface area contributed by atoms with Gasteiger partial charge in [-0.2, -0.15) is 4.31 Å². The van der Waals surface area contributed by atoms with Crippen LogP contribution in [0.5, 0.6) is 0 Å². The predicted molar refractivity (Wildman–Crippen MR) is 110 cm³/mol. The first-order valence-electron chi connectivity index (χ1n) is 9.44. The van der Waals surface area contributed by atoms with Crippen LogP contribution in [0, 0.1) is 5.82 Å². The molecule has 0 atom stereocenters. The Morgan fingerprint density at radius 1 is 1.00 bits per heavy atom. The van der Waals surface area contributed by atoms with Gasteiger partial charge in [-0.05, 0) is 35.9 Å². The normalized spacial score (nSPS) is 16.2. The van der Waals surface area contributed by atoms with E-state index >= 15 is 0 Å². The minimum atomic E-state index is -3.61. The van der Waals surface area contributed by atoms with Crippen molar-refractivity contribution in [1.82, 2.24) is 14.5 Å². The summed E-state index contributed by atoms with van der Waals surface area (Å²) in [6, 6.07) is 14.5. The molecule has 2 aromatic carbocycles. The van der Waals surface area contributed by atoms with Crippen molar-refractivity contribution in [3.63, 3.8) is 0 Å². The van der Waals surface area contributed by atoms with Crippen LogP contribution >= 0.6 is 0 Å². The van der Waals surface area contributed by atoms with Gasteiger partial charge in [0.25, 0.3) is 0 Å². The molecule has 0 aliphatic carbocycles. The third-order valence-corrected chi connectivity index (χ3v) is 6.65. The first kappa shape index (κ1) is 21.2. The number of hydrogen-bond donors (Lipinski definition) is 1. The molecule has 3 rings (SSSR count). The second kappa shape index (κ2) is 9.78. The van der Waals surface area contributed by atoms with Crippen molar-refractivity contribution >= 4 is 22.0 Å². The molecule has 1 saturated heterocycles. The second-order valence-electron chi connectivity index (χ2n) is 6.73. The van der Waals surface area contributed by atoms with E-state index in [1.165, 1.54) is 22.5 Å². The van der Waals surface area contributed by atoms with Gasteiger partial charge in [-0.1, -0.05) is 30.3 Å². The van der Waals surface area contributed by atoms with Crippen molar-refractivity contribution in [1.29, 1.82) is 0 Å². The van der Waals surface area contributed by atoms with Gasteiger partial charge in [0.15, 0.2) is 0 Å². The Kier molecular flexibility index (Phi) is 7.13. The van der Waals surface area contributed by atoms with Crippen LogP contribution in [0.4, 0.5) is 4.39 Å². The van der Waals surface area contributed by atoms with Crippen LogP contribution in [0.3, 0.4) is 0 Å². The molecule has 0 unspecified atom stereocenters. The summed E-state index contributed by atoms with van der Waals surface area (Å²) in [5.74, 6) is -0.624. The molecule has 154 valence electrons. The van der Waals surface area contributed by atoms with Crippen LogP contribution in [0.1, 0.15) is 5.56 Å². The minimum absolute atomic E-state index is 0.102. The molecule has 29 heavy (non-hydrogen) atoms. The third kappa shape index (κ3) is 5.96. The fourth-order valence-electron chi connectivity index (χ4n) is 3.08. The first-order chi connectivity index (χ1) is 13.9. The van der Waals surface area contributed by atoms with Crippen LogP contribution < -0.4 is 5.32 Å². The van der Waals surface area contributed by atoms with Crippen molar-refractivity contribution in [2.75, 3.05) is 39.3 Å². The van der Waals surface area contributed by atoms with Crippen molar-refractivity contribution in [3.8, 4) is 0 Å². The molecule has 1 amide bonds. The van der Waals surface area contributed by atoms with Gasteiger partial charge in [0.2, 0.25) is 15.9 Å². The Balaban J connectivity index is 1.41. The van der Waals surface area contributed by atoms with Gasteiger partial charge in [-0.15, -0.1) is 0 Å². The van der Waals surface area contributed by atoms with E-state index in [4.69, 9.17) is 0 Å². The highest BCUT2D eigenvalue weighted by Gasteiger charge is 2.28. The molecule has 8 heteroatoms. The monoisotopic (exact) mass is 417 g/mol. The Morgan fingerprint density at radius 3 is 2.31 bits per heavy atom. The number of nitrogens with one attached hydrogen (secondary N) is 1. The Bertz CT molecular complexity index is 939. The lowest BCUT2D eigenvalue weighted by atomic mass is 10.2. The average Bonchev–Trinajstić information content (AvgIpc) is 2.74. The molecular weight excluding hydrogens is 393 g/mol. The van der Waals surface area contributed by atoms with Crippen LogP contribution in [0.25, 0.3) is 6.08 Å². The summed E-state index contributed by atoms with van der Waals surface area (Å²) in [6.07, 6.45) is 3.26. The van der Waals surface area contributed by atoms with E-state index in [1.807, 2.05) is 30.3 Å². The van der Waals surface area contributed by atoms with Crippen LogP contribution in [-0.4, -0.2) is 62.8 Å².